The van der Waals surface area contributed by atoms with Gasteiger partial charge in [0.15, 0.2) is 5.79 Å². The number of carbonyl (C=O) groups is 1. The number of hydrogen-bond donors (Lipinski definition) is 0. The zero-order valence-electron chi connectivity index (χ0n) is 28.5. The molecule has 1 aromatic rings. The number of fused-ring (bicyclic) bond motifs is 7. The Kier molecular flexibility index (Phi) is 7.89. The standard InChI is InChI=1S/C39H55FN2O4/c1-25-11-16-39(44-24-25)26(2)35-34(46-39)22-33-31-10-7-28-21-30(12-14-37(28,3)32(31)13-15-38(33,35)4)45-36(43)42-19-17-41(18-20-42)23-27-5-8-29(40)9-6-27/h5-9,25-26,30-35H,10-24H2,1-4H3/t25-,26+,30+,31-,32+,33+,34+,35+,37+,38+,39-/m1/s1. The first-order chi connectivity index (χ1) is 22.1. The summed E-state index contributed by atoms with van der Waals surface area (Å²) < 4.78 is 33.0. The van der Waals surface area contributed by atoms with E-state index >= 15 is 0 Å². The second-order valence-corrected chi connectivity index (χ2v) is 16.9. The van der Waals surface area contributed by atoms with E-state index in [1.807, 2.05) is 17.0 Å². The number of hydrogen-bond acceptors (Lipinski definition) is 5. The summed E-state index contributed by atoms with van der Waals surface area (Å²) in [5, 5.41) is 0. The Balaban J connectivity index is 0.880. The van der Waals surface area contributed by atoms with Crippen molar-refractivity contribution in [3.63, 3.8) is 0 Å². The SMILES string of the molecule is C[C@@H]1CC[C@@]2(OC1)O[C@H]1C[C@H]3[C@@H]4CC=C5C[C@@H](OC(=O)N6CCN(Cc7ccc(F)cc7)CC6)CC[C@]5(C)[C@H]4CC[C@]3(C)[C@H]1[C@@H]2C. The number of ether oxygens (including phenoxy) is 3. The van der Waals surface area contributed by atoms with Crippen LogP contribution in [0.1, 0.15) is 91.0 Å². The molecule has 0 radical (unpaired) electrons. The fraction of sp³-hybridized carbons (Fsp3) is 0.769. The first kappa shape index (κ1) is 31.3. The number of allylic oxidation sites excluding steroid dienone is 1. The highest BCUT2D eigenvalue weighted by Gasteiger charge is 2.68. The fourth-order valence-electron chi connectivity index (χ4n) is 11.9. The highest BCUT2D eigenvalue weighted by atomic mass is 19.1. The van der Waals surface area contributed by atoms with Gasteiger partial charge in [0.05, 0.1) is 12.7 Å². The summed E-state index contributed by atoms with van der Waals surface area (Å²) >= 11 is 0. The molecule has 4 aliphatic carbocycles. The quantitative estimate of drug-likeness (QED) is 0.318. The van der Waals surface area contributed by atoms with Crippen LogP contribution in [0.4, 0.5) is 9.18 Å². The summed E-state index contributed by atoms with van der Waals surface area (Å²) in [6, 6.07) is 6.72. The molecule has 1 aromatic carbocycles. The van der Waals surface area contributed by atoms with E-state index in [4.69, 9.17) is 14.2 Å². The van der Waals surface area contributed by atoms with Gasteiger partial charge < -0.3 is 19.1 Å². The minimum Gasteiger partial charge on any atom is -0.446 e. The van der Waals surface area contributed by atoms with Gasteiger partial charge in [0.1, 0.15) is 11.9 Å². The molecule has 7 heteroatoms. The lowest BCUT2D eigenvalue weighted by Crippen LogP contribution is -2.53. The molecule has 8 rings (SSSR count). The van der Waals surface area contributed by atoms with Crippen molar-refractivity contribution in [1.29, 1.82) is 0 Å². The van der Waals surface area contributed by atoms with Crippen LogP contribution in [0.2, 0.25) is 0 Å². The summed E-state index contributed by atoms with van der Waals surface area (Å²) in [6.45, 7) is 14.5. The molecule has 1 spiro atoms. The highest BCUT2D eigenvalue weighted by Crippen LogP contribution is 2.70. The van der Waals surface area contributed by atoms with Gasteiger partial charge in [0, 0.05) is 51.5 Å². The third-order valence-electron chi connectivity index (χ3n) is 14.5. The molecule has 0 unspecified atom stereocenters. The molecule has 3 saturated carbocycles. The number of halogens is 1. The lowest BCUT2D eigenvalue weighted by atomic mass is 9.47. The molecule has 46 heavy (non-hydrogen) atoms. The average Bonchev–Trinajstić information content (AvgIpc) is 3.49. The van der Waals surface area contributed by atoms with Crippen LogP contribution >= 0.6 is 0 Å². The summed E-state index contributed by atoms with van der Waals surface area (Å²) in [6.07, 6.45) is 12.9. The van der Waals surface area contributed by atoms with E-state index in [9.17, 15) is 9.18 Å². The van der Waals surface area contributed by atoms with E-state index in [0.29, 0.717) is 48.3 Å². The van der Waals surface area contributed by atoms with E-state index in [1.165, 1.54) is 44.2 Å². The third-order valence-corrected chi connectivity index (χ3v) is 14.5. The van der Waals surface area contributed by atoms with Gasteiger partial charge in [-0.3, -0.25) is 4.90 Å². The Hall–Kier alpha value is -1.96. The van der Waals surface area contributed by atoms with Gasteiger partial charge in [0.2, 0.25) is 0 Å². The van der Waals surface area contributed by atoms with Crippen LogP contribution in [0.15, 0.2) is 35.9 Å². The van der Waals surface area contributed by atoms with Crippen molar-refractivity contribution in [3.05, 3.63) is 47.3 Å². The zero-order chi connectivity index (χ0) is 31.8. The second-order valence-electron chi connectivity index (χ2n) is 16.9. The molecular formula is C39H55FN2O4. The summed E-state index contributed by atoms with van der Waals surface area (Å²) in [5.41, 5.74) is 3.20. The maximum absolute atomic E-state index is 13.3. The lowest BCUT2D eigenvalue weighted by Gasteiger charge is -2.58. The largest absolute Gasteiger partial charge is 0.446 e. The van der Waals surface area contributed by atoms with Crippen LogP contribution in [-0.4, -0.2) is 66.7 Å². The van der Waals surface area contributed by atoms with E-state index in [-0.39, 0.29) is 29.2 Å². The predicted octanol–water partition coefficient (Wildman–Crippen LogP) is 7.82. The molecule has 3 aliphatic heterocycles. The topological polar surface area (TPSA) is 51.2 Å². The van der Waals surface area contributed by atoms with Crippen LogP contribution in [0.5, 0.6) is 0 Å². The van der Waals surface area contributed by atoms with Crippen LogP contribution < -0.4 is 0 Å². The van der Waals surface area contributed by atoms with Crippen molar-refractivity contribution in [1.82, 2.24) is 9.80 Å². The maximum atomic E-state index is 13.3. The Morgan fingerprint density at radius 2 is 1.78 bits per heavy atom. The fourth-order valence-corrected chi connectivity index (χ4v) is 11.9. The number of piperazine rings is 1. The number of rotatable bonds is 3. The molecule has 0 aromatic heterocycles. The van der Waals surface area contributed by atoms with Crippen LogP contribution in [0, 0.1) is 52.2 Å². The number of nitrogens with zero attached hydrogens (tertiary/aromatic N) is 2. The normalized spacial score (nSPS) is 45.4. The van der Waals surface area contributed by atoms with Gasteiger partial charge in [-0.15, -0.1) is 0 Å². The molecule has 3 saturated heterocycles. The lowest BCUT2D eigenvalue weighted by molar-refractivity contribution is -0.272. The molecule has 0 N–H and O–H groups in total. The van der Waals surface area contributed by atoms with E-state index in [2.05, 4.69) is 38.7 Å². The van der Waals surface area contributed by atoms with Gasteiger partial charge >= 0.3 is 6.09 Å². The van der Waals surface area contributed by atoms with Crippen molar-refractivity contribution in [2.75, 3.05) is 32.8 Å². The summed E-state index contributed by atoms with van der Waals surface area (Å²) in [7, 11) is 0. The number of amides is 1. The van der Waals surface area contributed by atoms with Crippen molar-refractivity contribution in [2.24, 2.45) is 46.3 Å². The molecule has 0 bridgehead atoms. The Bertz CT molecular complexity index is 1330. The van der Waals surface area contributed by atoms with Gasteiger partial charge in [-0.05, 0) is 103 Å². The third kappa shape index (κ3) is 5.08. The van der Waals surface area contributed by atoms with Gasteiger partial charge in [-0.25, -0.2) is 9.18 Å². The number of benzene rings is 1. The summed E-state index contributed by atoms with van der Waals surface area (Å²) in [5.74, 6) is 3.31. The molecule has 6 fully saturated rings. The average molecular weight is 635 g/mol. The molecule has 3 heterocycles. The van der Waals surface area contributed by atoms with Crippen molar-refractivity contribution >= 4 is 6.09 Å². The molecule has 11 atom stereocenters. The van der Waals surface area contributed by atoms with Crippen molar-refractivity contribution in [3.8, 4) is 0 Å². The summed E-state index contributed by atoms with van der Waals surface area (Å²) in [4.78, 5) is 17.5. The smallest absolute Gasteiger partial charge is 0.410 e. The van der Waals surface area contributed by atoms with Gasteiger partial charge in [-0.2, -0.15) is 0 Å². The second kappa shape index (κ2) is 11.6. The van der Waals surface area contributed by atoms with Crippen LogP contribution in [0.3, 0.4) is 0 Å². The van der Waals surface area contributed by atoms with Crippen LogP contribution in [-0.2, 0) is 20.8 Å². The van der Waals surface area contributed by atoms with E-state index in [0.717, 1.165) is 69.3 Å². The molecule has 6 nitrogen and oxygen atoms in total. The Morgan fingerprint density at radius 3 is 2.52 bits per heavy atom. The zero-order valence-corrected chi connectivity index (χ0v) is 28.5. The van der Waals surface area contributed by atoms with Gasteiger partial charge in [0.25, 0.3) is 0 Å². The highest BCUT2D eigenvalue weighted by molar-refractivity contribution is 5.68. The van der Waals surface area contributed by atoms with E-state index in [1.54, 1.807) is 5.57 Å². The molecule has 7 aliphatic rings. The van der Waals surface area contributed by atoms with Crippen molar-refractivity contribution < 1.29 is 23.4 Å². The van der Waals surface area contributed by atoms with Gasteiger partial charge in [-0.1, -0.05) is 51.5 Å². The Morgan fingerprint density at radius 1 is 1.00 bits per heavy atom. The predicted molar refractivity (Wildman–Crippen MR) is 175 cm³/mol. The monoisotopic (exact) mass is 634 g/mol. The first-order valence-electron chi connectivity index (χ1n) is 18.5. The number of carbonyl (C=O) groups excluding carboxylic acids is 1. The van der Waals surface area contributed by atoms with Crippen molar-refractivity contribution in [2.45, 2.75) is 110 Å². The molecule has 252 valence electrons. The molecular weight excluding hydrogens is 579 g/mol. The Labute approximate surface area is 275 Å². The minimum absolute atomic E-state index is 0.0241. The van der Waals surface area contributed by atoms with E-state index < -0.39 is 0 Å². The first-order valence-corrected chi connectivity index (χ1v) is 18.5. The molecule has 1 amide bonds. The minimum atomic E-state index is -0.342. The van der Waals surface area contributed by atoms with Crippen LogP contribution in [0.25, 0.3) is 0 Å². The maximum Gasteiger partial charge on any atom is 0.410 e.